The number of amides is 1. The van der Waals surface area contributed by atoms with Crippen molar-refractivity contribution >= 4 is 28.3 Å². The van der Waals surface area contributed by atoms with E-state index in [2.05, 4.69) is 0 Å². The van der Waals surface area contributed by atoms with Crippen molar-refractivity contribution in [3.05, 3.63) is 29.8 Å². The Hall–Kier alpha value is -1.15. The molecule has 1 amide bonds. The third-order valence-corrected chi connectivity index (χ3v) is 7.01. The highest BCUT2D eigenvalue weighted by Crippen LogP contribution is 2.22. The van der Waals surface area contributed by atoms with Gasteiger partial charge in [0.2, 0.25) is 10.0 Å². The van der Waals surface area contributed by atoms with Crippen molar-refractivity contribution in [1.82, 2.24) is 9.21 Å². The first-order chi connectivity index (χ1) is 12.0. The topological polar surface area (TPSA) is 83.7 Å². The van der Waals surface area contributed by atoms with E-state index in [0.29, 0.717) is 31.7 Å². The maximum Gasteiger partial charge on any atom is 0.253 e. The van der Waals surface area contributed by atoms with Crippen LogP contribution >= 0.6 is 12.4 Å². The lowest BCUT2D eigenvalue weighted by Crippen LogP contribution is -2.42. The van der Waals surface area contributed by atoms with Crippen LogP contribution in [-0.4, -0.2) is 55.8 Å². The Labute approximate surface area is 162 Å². The molecule has 0 atom stereocenters. The number of hydrogen-bond acceptors (Lipinski definition) is 4. The van der Waals surface area contributed by atoms with E-state index >= 15 is 0 Å². The van der Waals surface area contributed by atoms with Gasteiger partial charge in [0.05, 0.1) is 4.90 Å². The van der Waals surface area contributed by atoms with E-state index < -0.39 is 10.0 Å². The largest absolute Gasteiger partial charge is 0.339 e. The smallest absolute Gasteiger partial charge is 0.253 e. The zero-order valence-electron chi connectivity index (χ0n) is 15.0. The fourth-order valence-corrected chi connectivity index (χ4v) is 5.07. The number of sulfonamides is 1. The Balaban J connectivity index is 0.00000243. The molecule has 0 aromatic heterocycles. The number of piperidine rings is 1. The predicted molar refractivity (Wildman–Crippen MR) is 104 cm³/mol. The molecule has 26 heavy (non-hydrogen) atoms. The first kappa shape index (κ1) is 21.2. The van der Waals surface area contributed by atoms with Crippen LogP contribution in [0.3, 0.4) is 0 Å². The van der Waals surface area contributed by atoms with Crippen molar-refractivity contribution in [3.8, 4) is 0 Å². The molecule has 2 aliphatic heterocycles. The van der Waals surface area contributed by atoms with Crippen LogP contribution in [0.2, 0.25) is 0 Å². The highest BCUT2D eigenvalue weighted by Gasteiger charge is 2.27. The van der Waals surface area contributed by atoms with E-state index in [4.69, 9.17) is 5.73 Å². The molecule has 0 spiro atoms. The number of halogens is 1. The minimum Gasteiger partial charge on any atom is -0.339 e. The highest BCUT2D eigenvalue weighted by atomic mass is 35.5. The summed E-state index contributed by atoms with van der Waals surface area (Å²) in [4.78, 5) is 14.7. The molecule has 0 radical (unpaired) electrons. The average molecular weight is 402 g/mol. The lowest BCUT2D eigenvalue weighted by Gasteiger charge is -2.30. The maximum atomic E-state index is 12.9. The summed E-state index contributed by atoms with van der Waals surface area (Å²) in [6.45, 7) is 2.38. The summed E-state index contributed by atoms with van der Waals surface area (Å²) >= 11 is 0. The number of hydrogen-bond donors (Lipinski definition) is 1. The van der Waals surface area contributed by atoms with Crippen LogP contribution in [0.25, 0.3) is 0 Å². The molecule has 0 saturated carbocycles. The van der Waals surface area contributed by atoms with Crippen molar-refractivity contribution in [2.45, 2.75) is 49.5 Å². The van der Waals surface area contributed by atoms with Crippen LogP contribution in [0.4, 0.5) is 0 Å². The van der Waals surface area contributed by atoms with Gasteiger partial charge in [-0.15, -0.1) is 12.4 Å². The predicted octanol–water partition coefficient (Wildman–Crippen LogP) is 2.24. The van der Waals surface area contributed by atoms with Crippen LogP contribution in [-0.2, 0) is 10.0 Å². The molecule has 146 valence electrons. The molecule has 1 aromatic rings. The third kappa shape index (κ3) is 4.76. The van der Waals surface area contributed by atoms with Crippen molar-refractivity contribution in [3.63, 3.8) is 0 Å². The number of rotatable bonds is 3. The van der Waals surface area contributed by atoms with Crippen LogP contribution in [0.15, 0.2) is 29.2 Å². The summed E-state index contributed by atoms with van der Waals surface area (Å²) in [5.41, 5.74) is 6.33. The quantitative estimate of drug-likeness (QED) is 0.841. The van der Waals surface area contributed by atoms with Crippen molar-refractivity contribution in [1.29, 1.82) is 0 Å². The second-order valence-corrected chi connectivity index (χ2v) is 8.91. The normalized spacial score (nSPS) is 20.3. The summed E-state index contributed by atoms with van der Waals surface area (Å²) in [5, 5.41) is 0. The second kappa shape index (κ2) is 9.17. The van der Waals surface area contributed by atoms with Crippen LogP contribution in [0.1, 0.15) is 48.9 Å². The molecule has 2 fully saturated rings. The molecule has 2 heterocycles. The molecule has 0 bridgehead atoms. The number of carbonyl (C=O) groups excluding carboxylic acids is 1. The molecule has 8 heteroatoms. The molecule has 2 saturated heterocycles. The maximum absolute atomic E-state index is 12.9. The van der Waals surface area contributed by atoms with Gasteiger partial charge in [-0.3, -0.25) is 4.79 Å². The molecule has 2 aliphatic rings. The molecular formula is C18H28ClN3O3S. The van der Waals surface area contributed by atoms with Crippen LogP contribution in [0.5, 0.6) is 0 Å². The van der Waals surface area contributed by atoms with E-state index in [-0.39, 0.29) is 29.3 Å². The lowest BCUT2D eigenvalue weighted by atomic mass is 10.0. The molecular weight excluding hydrogens is 374 g/mol. The molecule has 3 rings (SSSR count). The van der Waals surface area contributed by atoms with Gasteiger partial charge in [-0.05, 0) is 43.9 Å². The Bertz CT molecular complexity index is 710. The zero-order chi connectivity index (χ0) is 17.9. The standard InChI is InChI=1S/C18H27N3O3S.ClH/c19-16-8-12-20(13-9-16)18(22)15-6-5-7-17(14-15)25(23,24)21-10-3-1-2-4-11-21;/h5-7,14,16H,1-4,8-13,19H2;1H. The SMILES string of the molecule is Cl.NC1CCN(C(=O)c2cccc(S(=O)(=O)N3CCCCCC3)c2)CC1. The van der Waals surface area contributed by atoms with E-state index in [0.717, 1.165) is 38.5 Å². The zero-order valence-corrected chi connectivity index (χ0v) is 16.6. The summed E-state index contributed by atoms with van der Waals surface area (Å²) in [6, 6.07) is 6.62. The summed E-state index contributed by atoms with van der Waals surface area (Å²) in [6.07, 6.45) is 5.51. The third-order valence-electron chi connectivity index (χ3n) is 5.11. The van der Waals surface area contributed by atoms with E-state index in [1.807, 2.05) is 0 Å². The fourth-order valence-electron chi connectivity index (χ4n) is 3.51. The Morgan fingerprint density at radius 3 is 2.23 bits per heavy atom. The summed E-state index contributed by atoms with van der Waals surface area (Å²) < 4.78 is 27.4. The van der Waals surface area contributed by atoms with Crippen molar-refractivity contribution in [2.24, 2.45) is 5.73 Å². The number of benzene rings is 1. The highest BCUT2D eigenvalue weighted by molar-refractivity contribution is 7.89. The van der Waals surface area contributed by atoms with Crippen molar-refractivity contribution < 1.29 is 13.2 Å². The van der Waals surface area contributed by atoms with Gasteiger partial charge in [0.1, 0.15) is 0 Å². The number of nitrogens with zero attached hydrogens (tertiary/aromatic N) is 2. The van der Waals surface area contributed by atoms with Crippen LogP contribution < -0.4 is 5.73 Å². The van der Waals surface area contributed by atoms with E-state index in [1.165, 1.54) is 6.07 Å². The van der Waals surface area contributed by atoms with E-state index in [1.54, 1.807) is 27.4 Å². The summed E-state index contributed by atoms with van der Waals surface area (Å²) in [5.74, 6) is -0.111. The van der Waals surface area contributed by atoms with Gasteiger partial charge < -0.3 is 10.6 Å². The van der Waals surface area contributed by atoms with Gasteiger partial charge >= 0.3 is 0 Å². The molecule has 0 aliphatic carbocycles. The molecule has 6 nitrogen and oxygen atoms in total. The Kier molecular flexibility index (Phi) is 7.46. The Morgan fingerprint density at radius 2 is 1.62 bits per heavy atom. The number of carbonyl (C=O) groups is 1. The molecule has 2 N–H and O–H groups in total. The monoisotopic (exact) mass is 401 g/mol. The van der Waals surface area contributed by atoms with E-state index in [9.17, 15) is 13.2 Å². The van der Waals surface area contributed by atoms with Gasteiger partial charge in [-0.1, -0.05) is 18.9 Å². The van der Waals surface area contributed by atoms with Gasteiger partial charge in [0.15, 0.2) is 0 Å². The first-order valence-electron chi connectivity index (χ1n) is 9.13. The number of likely N-dealkylation sites (tertiary alicyclic amines) is 1. The second-order valence-electron chi connectivity index (χ2n) is 6.98. The fraction of sp³-hybridized carbons (Fsp3) is 0.611. The lowest BCUT2D eigenvalue weighted by molar-refractivity contribution is 0.0714. The van der Waals surface area contributed by atoms with Crippen molar-refractivity contribution in [2.75, 3.05) is 26.2 Å². The first-order valence-corrected chi connectivity index (χ1v) is 10.6. The average Bonchev–Trinajstić information content (AvgIpc) is 2.92. The minimum absolute atomic E-state index is 0. The number of nitrogens with two attached hydrogens (primary N) is 1. The van der Waals surface area contributed by atoms with Crippen LogP contribution in [0, 0.1) is 0 Å². The molecule has 1 aromatic carbocycles. The van der Waals surface area contributed by atoms with Gasteiger partial charge in [-0.2, -0.15) is 4.31 Å². The summed E-state index contributed by atoms with van der Waals surface area (Å²) in [7, 11) is -3.54. The molecule has 0 unspecified atom stereocenters. The van der Waals surface area contributed by atoms with Gasteiger partial charge in [0, 0.05) is 37.8 Å². The van der Waals surface area contributed by atoms with Gasteiger partial charge in [-0.25, -0.2) is 8.42 Å². The Morgan fingerprint density at radius 1 is 1.00 bits per heavy atom. The minimum atomic E-state index is -3.54. The van der Waals surface area contributed by atoms with Gasteiger partial charge in [0.25, 0.3) is 5.91 Å².